The Morgan fingerprint density at radius 1 is 1.56 bits per heavy atom. The van der Waals surface area contributed by atoms with Gasteiger partial charge in [-0.3, -0.25) is 0 Å². The van der Waals surface area contributed by atoms with Gasteiger partial charge in [-0.1, -0.05) is 6.07 Å². The van der Waals surface area contributed by atoms with E-state index in [1.54, 1.807) is 12.1 Å². The van der Waals surface area contributed by atoms with E-state index in [9.17, 15) is 4.39 Å². The van der Waals surface area contributed by atoms with E-state index >= 15 is 0 Å². The van der Waals surface area contributed by atoms with Crippen LogP contribution in [-0.2, 0) is 4.74 Å². The maximum atomic E-state index is 13.5. The Hall–Kier alpha value is -1.13. The van der Waals surface area contributed by atoms with Crippen LogP contribution < -0.4 is 4.74 Å². The highest BCUT2D eigenvalue weighted by molar-refractivity contribution is 5.31. The summed E-state index contributed by atoms with van der Waals surface area (Å²) in [6.07, 6.45) is 0.611. The van der Waals surface area contributed by atoms with Crippen LogP contribution in [0.25, 0.3) is 0 Å². The van der Waals surface area contributed by atoms with Gasteiger partial charge in [-0.2, -0.15) is 0 Å². The van der Waals surface area contributed by atoms with Gasteiger partial charge in [-0.25, -0.2) is 4.39 Å². The van der Waals surface area contributed by atoms with Gasteiger partial charge in [0.25, 0.3) is 0 Å². The summed E-state index contributed by atoms with van der Waals surface area (Å²) in [6, 6.07) is 4.78. The first-order valence-corrected chi connectivity index (χ1v) is 5.32. The Morgan fingerprint density at radius 2 is 2.38 bits per heavy atom. The minimum absolute atomic E-state index is 0.0628. The molecule has 4 heteroatoms. The summed E-state index contributed by atoms with van der Waals surface area (Å²) in [5.41, 5.74) is 0.759. The summed E-state index contributed by atoms with van der Waals surface area (Å²) in [5.74, 6) is -0.109. The van der Waals surface area contributed by atoms with E-state index in [0.717, 1.165) is 12.0 Å². The van der Waals surface area contributed by atoms with Crippen molar-refractivity contribution in [1.82, 2.24) is 0 Å². The van der Waals surface area contributed by atoms with E-state index in [2.05, 4.69) is 0 Å². The van der Waals surface area contributed by atoms with Crippen LogP contribution in [0.2, 0.25) is 0 Å². The number of ether oxygens (including phenoxy) is 2. The van der Waals surface area contributed by atoms with Gasteiger partial charge in [0, 0.05) is 19.1 Å². The molecule has 1 N–H and O–H groups in total. The highest BCUT2D eigenvalue weighted by Gasteiger charge is 2.29. The van der Waals surface area contributed by atoms with Crippen LogP contribution in [0.3, 0.4) is 0 Å². The molecule has 1 aliphatic rings. The molecule has 0 aliphatic carbocycles. The molecule has 0 bridgehead atoms. The third-order valence-electron chi connectivity index (χ3n) is 2.95. The highest BCUT2D eigenvalue weighted by Crippen LogP contribution is 2.35. The normalized spacial score (nSPS) is 24.7. The summed E-state index contributed by atoms with van der Waals surface area (Å²) < 4.78 is 23.8. The quantitative estimate of drug-likeness (QED) is 0.855. The zero-order valence-corrected chi connectivity index (χ0v) is 9.15. The summed E-state index contributed by atoms with van der Waals surface area (Å²) >= 11 is 0. The van der Waals surface area contributed by atoms with Gasteiger partial charge in [0.1, 0.15) is 0 Å². The number of aliphatic hydroxyl groups excluding tert-OH is 1. The Labute approximate surface area is 93.8 Å². The van der Waals surface area contributed by atoms with Crippen molar-refractivity contribution in [2.45, 2.75) is 12.5 Å². The second-order valence-corrected chi connectivity index (χ2v) is 3.92. The van der Waals surface area contributed by atoms with E-state index in [4.69, 9.17) is 14.6 Å². The molecule has 3 nitrogen and oxygen atoms in total. The predicted octanol–water partition coefficient (Wildman–Crippen LogP) is 1.90. The van der Waals surface area contributed by atoms with E-state index in [1.807, 2.05) is 0 Å². The van der Waals surface area contributed by atoms with Crippen LogP contribution in [0.15, 0.2) is 18.2 Å². The fourth-order valence-electron chi connectivity index (χ4n) is 2.05. The minimum atomic E-state index is -0.396. The van der Waals surface area contributed by atoms with Crippen molar-refractivity contribution in [3.63, 3.8) is 0 Å². The Balaban J connectivity index is 2.23. The largest absolute Gasteiger partial charge is 0.494 e. The van der Waals surface area contributed by atoms with Crippen LogP contribution in [0.4, 0.5) is 4.39 Å². The molecule has 0 amide bonds. The van der Waals surface area contributed by atoms with Crippen molar-refractivity contribution in [3.05, 3.63) is 29.6 Å². The molecule has 1 saturated heterocycles. The number of halogens is 1. The van der Waals surface area contributed by atoms with Crippen molar-refractivity contribution in [3.8, 4) is 5.75 Å². The number of benzene rings is 1. The van der Waals surface area contributed by atoms with Crippen molar-refractivity contribution >= 4 is 0 Å². The van der Waals surface area contributed by atoms with E-state index in [1.165, 1.54) is 13.2 Å². The maximum Gasteiger partial charge on any atom is 0.165 e. The average molecular weight is 226 g/mol. The fourth-order valence-corrected chi connectivity index (χ4v) is 2.05. The van der Waals surface area contributed by atoms with Crippen molar-refractivity contribution in [2.24, 2.45) is 5.92 Å². The van der Waals surface area contributed by atoms with E-state index < -0.39 is 5.82 Å². The van der Waals surface area contributed by atoms with Gasteiger partial charge in [0.2, 0.25) is 0 Å². The van der Waals surface area contributed by atoms with Crippen LogP contribution in [0.1, 0.15) is 18.1 Å². The Bertz CT molecular complexity index is 367. The number of aliphatic hydroxyl groups is 1. The molecule has 1 heterocycles. The van der Waals surface area contributed by atoms with Gasteiger partial charge in [-0.15, -0.1) is 0 Å². The van der Waals surface area contributed by atoms with Crippen molar-refractivity contribution < 1.29 is 19.0 Å². The second-order valence-electron chi connectivity index (χ2n) is 3.92. The van der Waals surface area contributed by atoms with Crippen LogP contribution in [-0.4, -0.2) is 25.4 Å². The molecule has 0 aromatic heterocycles. The zero-order chi connectivity index (χ0) is 11.5. The highest BCUT2D eigenvalue weighted by atomic mass is 19.1. The van der Waals surface area contributed by atoms with Gasteiger partial charge in [0.05, 0.1) is 13.2 Å². The van der Waals surface area contributed by atoms with Gasteiger partial charge in [0.15, 0.2) is 11.6 Å². The first-order chi connectivity index (χ1) is 7.76. The molecule has 1 aromatic carbocycles. The van der Waals surface area contributed by atoms with E-state index in [-0.39, 0.29) is 24.4 Å². The Kier molecular flexibility index (Phi) is 3.41. The molecule has 0 radical (unpaired) electrons. The monoisotopic (exact) mass is 226 g/mol. The molecule has 88 valence electrons. The van der Waals surface area contributed by atoms with Crippen LogP contribution in [0.5, 0.6) is 5.75 Å². The van der Waals surface area contributed by atoms with Crippen molar-refractivity contribution in [2.75, 3.05) is 20.3 Å². The minimum Gasteiger partial charge on any atom is -0.494 e. The first kappa shape index (κ1) is 11.4. The van der Waals surface area contributed by atoms with Gasteiger partial charge >= 0.3 is 0 Å². The number of methoxy groups -OCH3 is 1. The lowest BCUT2D eigenvalue weighted by Gasteiger charge is -2.17. The molecule has 1 aromatic rings. The van der Waals surface area contributed by atoms with Crippen LogP contribution >= 0.6 is 0 Å². The summed E-state index contributed by atoms with van der Waals surface area (Å²) in [5, 5.41) is 9.17. The van der Waals surface area contributed by atoms with Gasteiger partial charge < -0.3 is 14.6 Å². The Morgan fingerprint density at radius 3 is 3.00 bits per heavy atom. The van der Waals surface area contributed by atoms with Crippen LogP contribution in [0, 0.1) is 11.7 Å². The molecule has 1 aliphatic heterocycles. The number of rotatable bonds is 3. The lowest BCUT2D eigenvalue weighted by Crippen LogP contribution is -2.11. The molecular weight excluding hydrogens is 211 g/mol. The molecule has 2 unspecified atom stereocenters. The van der Waals surface area contributed by atoms with E-state index in [0.29, 0.717) is 6.61 Å². The molecule has 1 fully saturated rings. The lowest BCUT2D eigenvalue weighted by atomic mass is 9.96. The number of hydrogen-bond donors (Lipinski definition) is 1. The third-order valence-corrected chi connectivity index (χ3v) is 2.95. The van der Waals surface area contributed by atoms with Gasteiger partial charge in [-0.05, 0) is 24.1 Å². The molecule has 0 spiro atoms. The predicted molar refractivity (Wildman–Crippen MR) is 56.8 cm³/mol. The summed E-state index contributed by atoms with van der Waals surface area (Å²) in [4.78, 5) is 0. The molecule has 0 saturated carbocycles. The average Bonchev–Trinajstić information content (AvgIpc) is 2.77. The first-order valence-electron chi connectivity index (χ1n) is 5.32. The standard InChI is InChI=1S/C12H15FO3/c1-15-11-3-2-8(6-10(11)13)12-9(7-14)4-5-16-12/h2-3,6,9,12,14H,4-5,7H2,1H3. The lowest BCUT2D eigenvalue weighted by molar-refractivity contribution is 0.0717. The smallest absolute Gasteiger partial charge is 0.165 e. The molecule has 2 atom stereocenters. The zero-order valence-electron chi connectivity index (χ0n) is 9.15. The van der Waals surface area contributed by atoms with Crippen molar-refractivity contribution in [1.29, 1.82) is 0 Å². The molecule has 2 rings (SSSR count). The summed E-state index contributed by atoms with van der Waals surface area (Å²) in [6.45, 7) is 0.682. The topological polar surface area (TPSA) is 38.7 Å². The summed E-state index contributed by atoms with van der Waals surface area (Å²) in [7, 11) is 1.43. The molecular formula is C12H15FO3. The third kappa shape index (κ3) is 2.03. The second kappa shape index (κ2) is 4.80. The molecule has 16 heavy (non-hydrogen) atoms. The fraction of sp³-hybridized carbons (Fsp3) is 0.500. The SMILES string of the molecule is COc1ccc(C2OCCC2CO)cc1F. The number of hydrogen-bond acceptors (Lipinski definition) is 3. The maximum absolute atomic E-state index is 13.5.